The van der Waals surface area contributed by atoms with Crippen LogP contribution in [0.5, 0.6) is 0 Å². The highest BCUT2D eigenvalue weighted by molar-refractivity contribution is 5.85. The van der Waals surface area contributed by atoms with Crippen LogP contribution >= 0.6 is 0 Å². The van der Waals surface area contributed by atoms with Gasteiger partial charge in [0.1, 0.15) is 6.26 Å². The van der Waals surface area contributed by atoms with Gasteiger partial charge in [-0.3, -0.25) is 0 Å². The quantitative estimate of drug-likeness (QED) is 0.537. The second kappa shape index (κ2) is 3.92. The Hall–Kier alpha value is -1.83. The summed E-state index contributed by atoms with van der Waals surface area (Å²) in [5.41, 5.74) is 3.66. The van der Waals surface area contributed by atoms with E-state index in [0.29, 0.717) is 0 Å². The van der Waals surface area contributed by atoms with Crippen molar-refractivity contribution in [2.45, 2.75) is 6.92 Å². The first kappa shape index (κ1) is 8.75. The van der Waals surface area contributed by atoms with Crippen molar-refractivity contribution in [2.75, 3.05) is 0 Å². The minimum Gasteiger partial charge on any atom is -0.365 e. The number of fused-ring (bicyclic) bond motifs is 1. The minimum absolute atomic E-state index is 0.926. The van der Waals surface area contributed by atoms with Crippen LogP contribution in [0, 0.1) is 6.92 Å². The number of aryl methyl sites for hydroxylation is 1. The first-order valence-electron chi connectivity index (χ1n) is 4.50. The van der Waals surface area contributed by atoms with Gasteiger partial charge in [-0.15, -0.1) is 0 Å². The standard InChI is InChI=1S/C8H6.C4H5NO/c1-2-4-8-6-5-7(8)3-1;1-4-2-3-6-5-4/h1-6H;2-3H,1H3. The molecule has 0 atom stereocenters. The Labute approximate surface area is 82.9 Å². The fourth-order valence-electron chi connectivity index (χ4n) is 1.17. The van der Waals surface area contributed by atoms with E-state index in [9.17, 15) is 0 Å². The van der Waals surface area contributed by atoms with Gasteiger partial charge in [-0.2, -0.15) is 0 Å². The predicted octanol–water partition coefficient (Wildman–Crippen LogP) is 3.15. The molecule has 14 heavy (non-hydrogen) atoms. The topological polar surface area (TPSA) is 26.0 Å². The molecule has 0 saturated heterocycles. The van der Waals surface area contributed by atoms with E-state index in [4.69, 9.17) is 0 Å². The average molecular weight is 185 g/mol. The molecule has 2 aromatic rings. The van der Waals surface area contributed by atoms with E-state index in [1.807, 2.05) is 6.92 Å². The molecule has 1 aromatic carbocycles. The maximum absolute atomic E-state index is 4.46. The largest absolute Gasteiger partial charge is 0.365 e. The van der Waals surface area contributed by atoms with Crippen LogP contribution in [0.4, 0.5) is 0 Å². The summed E-state index contributed by atoms with van der Waals surface area (Å²) in [6.07, 6.45) is 5.79. The highest BCUT2D eigenvalue weighted by Crippen LogP contribution is 2.21. The molecule has 3 rings (SSSR count). The smallest absolute Gasteiger partial charge is 0.124 e. The lowest BCUT2D eigenvalue weighted by molar-refractivity contribution is 0.415. The Morgan fingerprint density at radius 1 is 1.00 bits per heavy atom. The zero-order chi connectivity index (χ0) is 9.80. The predicted molar refractivity (Wildman–Crippen MR) is 56.6 cm³/mol. The molecule has 2 nitrogen and oxygen atoms in total. The van der Waals surface area contributed by atoms with Crippen LogP contribution in [-0.4, -0.2) is 5.16 Å². The van der Waals surface area contributed by atoms with E-state index < -0.39 is 0 Å². The van der Waals surface area contributed by atoms with Crippen molar-refractivity contribution in [2.24, 2.45) is 0 Å². The summed E-state index contributed by atoms with van der Waals surface area (Å²) in [6.45, 7) is 1.88. The Bertz CT molecular complexity index is 404. The molecule has 0 spiro atoms. The highest BCUT2D eigenvalue weighted by atomic mass is 16.5. The van der Waals surface area contributed by atoms with Crippen molar-refractivity contribution in [1.82, 2.24) is 5.16 Å². The van der Waals surface area contributed by atoms with Gasteiger partial charge < -0.3 is 4.52 Å². The molecular weight excluding hydrogens is 174 g/mol. The molecule has 1 aliphatic carbocycles. The first-order valence-corrected chi connectivity index (χ1v) is 4.50. The molecule has 0 N–H and O–H groups in total. The van der Waals surface area contributed by atoms with Gasteiger partial charge >= 0.3 is 0 Å². The van der Waals surface area contributed by atoms with Gasteiger partial charge in [-0.05, 0) is 18.1 Å². The summed E-state index contributed by atoms with van der Waals surface area (Å²) < 4.78 is 4.46. The summed E-state index contributed by atoms with van der Waals surface area (Å²) in [5, 5.41) is 3.54. The van der Waals surface area contributed by atoms with Gasteiger partial charge in [0.05, 0.1) is 5.69 Å². The van der Waals surface area contributed by atoms with Crippen LogP contribution in [0.1, 0.15) is 16.8 Å². The molecule has 0 aliphatic heterocycles. The molecule has 1 heterocycles. The van der Waals surface area contributed by atoms with Crippen LogP contribution in [0.2, 0.25) is 0 Å². The van der Waals surface area contributed by atoms with Crippen LogP contribution in [0.3, 0.4) is 0 Å². The number of nitrogens with zero attached hydrogens (tertiary/aromatic N) is 1. The fraction of sp³-hybridized carbons (Fsp3) is 0.0833. The van der Waals surface area contributed by atoms with Crippen LogP contribution in [0.15, 0.2) is 41.1 Å². The number of hydrogen-bond acceptors (Lipinski definition) is 2. The van der Waals surface area contributed by atoms with Gasteiger partial charge in [-0.25, -0.2) is 0 Å². The molecule has 0 unspecified atom stereocenters. The first-order chi connectivity index (χ1) is 6.86. The van der Waals surface area contributed by atoms with Crippen molar-refractivity contribution in [3.63, 3.8) is 0 Å². The average Bonchev–Trinajstić information content (AvgIpc) is 2.60. The lowest BCUT2D eigenvalue weighted by Gasteiger charge is -2.06. The molecule has 1 aromatic heterocycles. The molecule has 0 bridgehead atoms. The van der Waals surface area contributed by atoms with Gasteiger partial charge in [0.15, 0.2) is 0 Å². The van der Waals surface area contributed by atoms with E-state index in [1.165, 1.54) is 11.1 Å². The minimum atomic E-state index is 0.926. The Kier molecular flexibility index (Phi) is 2.45. The zero-order valence-corrected chi connectivity index (χ0v) is 7.97. The normalized spacial score (nSPS) is 10.9. The molecule has 2 heteroatoms. The van der Waals surface area contributed by atoms with Crippen LogP contribution < -0.4 is 0 Å². The lowest BCUT2D eigenvalue weighted by Crippen LogP contribution is -1.85. The van der Waals surface area contributed by atoms with Crippen molar-refractivity contribution in [3.8, 4) is 0 Å². The maximum Gasteiger partial charge on any atom is 0.124 e. The number of benzene rings is 1. The SMILES string of the molecule is C1=Cc2ccccc21.Cc1ccon1. The number of rotatable bonds is 0. The summed E-state index contributed by atoms with van der Waals surface area (Å²) in [5.74, 6) is 0. The molecule has 0 fully saturated rings. The molecule has 0 radical (unpaired) electrons. The molecule has 0 amide bonds. The fourth-order valence-corrected chi connectivity index (χ4v) is 1.17. The number of hydrogen-bond donors (Lipinski definition) is 0. The Morgan fingerprint density at radius 2 is 1.64 bits per heavy atom. The van der Waals surface area contributed by atoms with E-state index in [1.54, 1.807) is 12.3 Å². The summed E-state index contributed by atoms with van der Waals surface area (Å²) in [6, 6.07) is 10.2. The van der Waals surface area contributed by atoms with Gasteiger partial charge in [-0.1, -0.05) is 41.6 Å². The third kappa shape index (κ3) is 1.91. The second-order valence-electron chi connectivity index (χ2n) is 3.10. The van der Waals surface area contributed by atoms with Gasteiger partial charge in [0.25, 0.3) is 0 Å². The molecule has 70 valence electrons. The Balaban J connectivity index is 0.000000112. The van der Waals surface area contributed by atoms with E-state index in [2.05, 4.69) is 46.1 Å². The second-order valence-corrected chi connectivity index (χ2v) is 3.10. The van der Waals surface area contributed by atoms with Crippen LogP contribution in [0.25, 0.3) is 12.2 Å². The van der Waals surface area contributed by atoms with Crippen LogP contribution in [-0.2, 0) is 0 Å². The van der Waals surface area contributed by atoms with Crippen molar-refractivity contribution in [1.29, 1.82) is 0 Å². The molecule has 0 saturated carbocycles. The van der Waals surface area contributed by atoms with Gasteiger partial charge in [0, 0.05) is 6.07 Å². The summed E-state index contributed by atoms with van der Waals surface area (Å²) in [4.78, 5) is 0. The van der Waals surface area contributed by atoms with Gasteiger partial charge in [0.2, 0.25) is 0 Å². The molecular formula is C12H11NO. The highest BCUT2D eigenvalue weighted by Gasteiger charge is 1.99. The van der Waals surface area contributed by atoms with E-state index in [0.717, 1.165) is 5.69 Å². The third-order valence-electron chi connectivity index (χ3n) is 2.01. The third-order valence-corrected chi connectivity index (χ3v) is 2.01. The lowest BCUT2D eigenvalue weighted by atomic mass is 9.99. The molecule has 1 aliphatic rings. The van der Waals surface area contributed by atoms with E-state index in [-0.39, 0.29) is 0 Å². The monoisotopic (exact) mass is 185 g/mol. The van der Waals surface area contributed by atoms with Crippen molar-refractivity contribution < 1.29 is 4.52 Å². The maximum atomic E-state index is 4.46. The number of aromatic nitrogens is 1. The van der Waals surface area contributed by atoms with Crippen molar-refractivity contribution in [3.05, 3.63) is 53.4 Å². The summed E-state index contributed by atoms with van der Waals surface area (Å²) in [7, 11) is 0. The van der Waals surface area contributed by atoms with Crippen molar-refractivity contribution >= 4 is 12.2 Å². The van der Waals surface area contributed by atoms with E-state index >= 15 is 0 Å². The zero-order valence-electron chi connectivity index (χ0n) is 7.97. The Morgan fingerprint density at radius 3 is 1.86 bits per heavy atom. The summed E-state index contributed by atoms with van der Waals surface area (Å²) >= 11 is 0.